The van der Waals surface area contributed by atoms with Crippen LogP contribution in [-0.4, -0.2) is 30.6 Å². The van der Waals surface area contributed by atoms with E-state index < -0.39 is 0 Å². The number of hydrogen-bond donors (Lipinski definition) is 1. The van der Waals surface area contributed by atoms with Crippen LogP contribution in [0.5, 0.6) is 0 Å². The maximum absolute atomic E-state index is 6.24. The third-order valence-corrected chi connectivity index (χ3v) is 4.99. The van der Waals surface area contributed by atoms with E-state index in [1.165, 1.54) is 32.2 Å². The van der Waals surface area contributed by atoms with Crippen LogP contribution in [0.2, 0.25) is 10.0 Å². The summed E-state index contributed by atoms with van der Waals surface area (Å²) in [6.07, 6.45) is 5.34. The fraction of sp³-hybridized carbons (Fsp3) is 0.625. The van der Waals surface area contributed by atoms with Gasteiger partial charge in [0.2, 0.25) is 0 Å². The second-order valence-electron chi connectivity index (χ2n) is 6.14. The molecule has 1 aromatic rings. The predicted molar refractivity (Wildman–Crippen MR) is 85.5 cm³/mol. The fourth-order valence-electron chi connectivity index (χ4n) is 2.86. The van der Waals surface area contributed by atoms with Crippen LogP contribution in [0, 0.1) is 5.92 Å². The Hall–Kier alpha value is -0.280. The average Bonchev–Trinajstić information content (AvgIpc) is 3.26. The molecular weight excluding hydrogens is 291 g/mol. The third-order valence-electron chi connectivity index (χ3n) is 4.38. The lowest BCUT2D eigenvalue weighted by Crippen LogP contribution is -2.42. The van der Waals surface area contributed by atoms with Crippen molar-refractivity contribution < 1.29 is 0 Å². The molecule has 110 valence electrons. The Morgan fingerprint density at radius 2 is 1.85 bits per heavy atom. The summed E-state index contributed by atoms with van der Waals surface area (Å²) in [6.45, 7) is 4.43. The minimum absolute atomic E-state index is 0.710. The number of nitrogens with zero attached hydrogens (tertiary/aromatic N) is 1. The summed E-state index contributed by atoms with van der Waals surface area (Å²) >= 11 is 12.3. The molecule has 1 saturated carbocycles. The normalized spacial score (nSPS) is 21.3. The lowest BCUT2D eigenvalue weighted by molar-refractivity contribution is 0.190. The molecule has 3 rings (SSSR count). The van der Waals surface area contributed by atoms with Gasteiger partial charge in [-0.15, -0.1) is 0 Å². The Balaban J connectivity index is 1.46. The molecule has 4 heteroatoms. The van der Waals surface area contributed by atoms with Gasteiger partial charge in [-0.05, 0) is 75.0 Å². The molecule has 2 fully saturated rings. The second-order valence-corrected chi connectivity index (χ2v) is 6.98. The Morgan fingerprint density at radius 1 is 1.10 bits per heavy atom. The minimum atomic E-state index is 0.710. The molecule has 1 heterocycles. The van der Waals surface area contributed by atoms with Crippen molar-refractivity contribution in [1.29, 1.82) is 0 Å². The zero-order valence-electron chi connectivity index (χ0n) is 11.7. The first-order valence-corrected chi connectivity index (χ1v) is 8.36. The van der Waals surface area contributed by atoms with Crippen molar-refractivity contribution in [2.45, 2.75) is 38.3 Å². The Kier molecular flexibility index (Phi) is 4.87. The van der Waals surface area contributed by atoms with Gasteiger partial charge in [-0.1, -0.05) is 23.2 Å². The molecular formula is C16H22Cl2N2. The van der Waals surface area contributed by atoms with Crippen molar-refractivity contribution >= 4 is 23.2 Å². The van der Waals surface area contributed by atoms with Crippen LogP contribution < -0.4 is 5.32 Å². The maximum Gasteiger partial charge on any atom is 0.0452 e. The molecule has 0 atom stereocenters. The van der Waals surface area contributed by atoms with E-state index in [-0.39, 0.29) is 0 Å². The van der Waals surface area contributed by atoms with Gasteiger partial charge >= 0.3 is 0 Å². The molecule has 1 N–H and O–H groups in total. The molecule has 0 spiro atoms. The first-order chi connectivity index (χ1) is 9.70. The molecule has 1 aromatic carbocycles. The number of rotatable bonds is 5. The quantitative estimate of drug-likeness (QED) is 0.885. The maximum atomic E-state index is 6.24. The topological polar surface area (TPSA) is 15.3 Å². The molecule has 1 saturated heterocycles. The van der Waals surface area contributed by atoms with Crippen LogP contribution in [0.1, 0.15) is 31.2 Å². The highest BCUT2D eigenvalue weighted by molar-refractivity contribution is 6.33. The van der Waals surface area contributed by atoms with Crippen LogP contribution in [0.15, 0.2) is 18.2 Å². The molecule has 1 aliphatic carbocycles. The zero-order chi connectivity index (χ0) is 13.9. The average molecular weight is 313 g/mol. The van der Waals surface area contributed by atoms with Crippen molar-refractivity contribution in [3.05, 3.63) is 33.8 Å². The van der Waals surface area contributed by atoms with E-state index >= 15 is 0 Å². The largest absolute Gasteiger partial charge is 0.314 e. The molecule has 0 amide bonds. The second kappa shape index (κ2) is 6.65. The SMILES string of the molecule is Clc1ccc(Cl)c(CN2CCC(NCC3CC3)CC2)c1. The summed E-state index contributed by atoms with van der Waals surface area (Å²) in [7, 11) is 0. The molecule has 0 unspecified atom stereocenters. The van der Waals surface area contributed by atoms with E-state index in [1.807, 2.05) is 18.2 Å². The smallest absolute Gasteiger partial charge is 0.0452 e. The van der Waals surface area contributed by atoms with Gasteiger partial charge in [0.25, 0.3) is 0 Å². The third kappa shape index (κ3) is 4.11. The van der Waals surface area contributed by atoms with E-state index in [0.29, 0.717) is 6.04 Å². The highest BCUT2D eigenvalue weighted by Crippen LogP contribution is 2.28. The number of benzene rings is 1. The number of likely N-dealkylation sites (tertiary alicyclic amines) is 1. The lowest BCUT2D eigenvalue weighted by atomic mass is 10.0. The van der Waals surface area contributed by atoms with Gasteiger partial charge in [-0.3, -0.25) is 4.90 Å². The van der Waals surface area contributed by atoms with E-state index in [1.54, 1.807) is 0 Å². The molecule has 1 aliphatic heterocycles. The highest BCUT2D eigenvalue weighted by Gasteiger charge is 2.24. The molecule has 2 nitrogen and oxygen atoms in total. The first-order valence-electron chi connectivity index (χ1n) is 7.60. The monoisotopic (exact) mass is 312 g/mol. The molecule has 2 aliphatic rings. The lowest BCUT2D eigenvalue weighted by Gasteiger charge is -2.32. The van der Waals surface area contributed by atoms with Gasteiger partial charge in [-0.2, -0.15) is 0 Å². The van der Waals surface area contributed by atoms with Crippen LogP contribution in [0.25, 0.3) is 0 Å². The number of halogens is 2. The van der Waals surface area contributed by atoms with Gasteiger partial charge in [0.1, 0.15) is 0 Å². The molecule has 20 heavy (non-hydrogen) atoms. The van der Waals surface area contributed by atoms with E-state index in [0.717, 1.165) is 41.2 Å². The van der Waals surface area contributed by atoms with Gasteiger partial charge < -0.3 is 5.32 Å². The van der Waals surface area contributed by atoms with Crippen molar-refractivity contribution in [3.8, 4) is 0 Å². The van der Waals surface area contributed by atoms with Crippen molar-refractivity contribution in [3.63, 3.8) is 0 Å². The Bertz CT molecular complexity index is 452. The molecule has 0 radical (unpaired) electrons. The standard InChI is InChI=1S/C16H22Cl2N2/c17-14-3-4-16(18)13(9-14)11-20-7-5-15(6-8-20)19-10-12-1-2-12/h3-4,9,12,15,19H,1-2,5-8,10-11H2. The summed E-state index contributed by atoms with van der Waals surface area (Å²) in [5.74, 6) is 0.971. The Morgan fingerprint density at radius 3 is 2.55 bits per heavy atom. The summed E-state index contributed by atoms with van der Waals surface area (Å²) in [4.78, 5) is 2.48. The highest BCUT2D eigenvalue weighted by atomic mass is 35.5. The van der Waals surface area contributed by atoms with Gasteiger partial charge in [0.05, 0.1) is 0 Å². The summed E-state index contributed by atoms with van der Waals surface area (Å²) in [6, 6.07) is 6.44. The Labute approximate surface area is 131 Å². The first kappa shape index (κ1) is 14.6. The van der Waals surface area contributed by atoms with E-state index in [2.05, 4.69) is 10.2 Å². The summed E-state index contributed by atoms with van der Waals surface area (Å²) in [5, 5.41) is 5.31. The van der Waals surface area contributed by atoms with Crippen LogP contribution in [0.4, 0.5) is 0 Å². The number of nitrogens with one attached hydrogen (secondary N) is 1. The predicted octanol–water partition coefficient (Wildman–Crippen LogP) is 3.96. The van der Waals surface area contributed by atoms with E-state index in [9.17, 15) is 0 Å². The summed E-state index contributed by atoms with van der Waals surface area (Å²) < 4.78 is 0. The number of hydrogen-bond acceptors (Lipinski definition) is 2. The van der Waals surface area contributed by atoms with Crippen molar-refractivity contribution in [1.82, 2.24) is 10.2 Å². The fourth-order valence-corrected chi connectivity index (χ4v) is 3.23. The van der Waals surface area contributed by atoms with Crippen molar-refractivity contribution in [2.24, 2.45) is 5.92 Å². The number of piperidine rings is 1. The van der Waals surface area contributed by atoms with Crippen LogP contribution >= 0.6 is 23.2 Å². The van der Waals surface area contributed by atoms with Gasteiger partial charge in [0.15, 0.2) is 0 Å². The van der Waals surface area contributed by atoms with Crippen LogP contribution in [-0.2, 0) is 6.54 Å². The van der Waals surface area contributed by atoms with Crippen molar-refractivity contribution in [2.75, 3.05) is 19.6 Å². The zero-order valence-corrected chi connectivity index (χ0v) is 13.3. The van der Waals surface area contributed by atoms with Gasteiger partial charge in [0, 0.05) is 22.6 Å². The van der Waals surface area contributed by atoms with Crippen LogP contribution in [0.3, 0.4) is 0 Å². The van der Waals surface area contributed by atoms with Gasteiger partial charge in [-0.25, -0.2) is 0 Å². The molecule has 0 aromatic heterocycles. The summed E-state index contributed by atoms with van der Waals surface area (Å²) in [5.41, 5.74) is 1.14. The molecule has 0 bridgehead atoms. The minimum Gasteiger partial charge on any atom is -0.314 e. The van der Waals surface area contributed by atoms with E-state index in [4.69, 9.17) is 23.2 Å².